The lowest BCUT2D eigenvalue weighted by Gasteiger charge is -2.17. The Balaban J connectivity index is 1.78. The van der Waals surface area contributed by atoms with Gasteiger partial charge in [-0.15, -0.1) is 0 Å². The third-order valence-electron chi connectivity index (χ3n) is 3.65. The molecule has 0 saturated heterocycles. The smallest absolute Gasteiger partial charge is 0.257 e. The van der Waals surface area contributed by atoms with Crippen molar-refractivity contribution in [2.24, 2.45) is 0 Å². The summed E-state index contributed by atoms with van der Waals surface area (Å²) >= 11 is 6.01. The van der Waals surface area contributed by atoms with E-state index < -0.39 is 5.82 Å². The number of hydrogen-bond acceptors (Lipinski definition) is 2. The van der Waals surface area contributed by atoms with Crippen LogP contribution >= 0.6 is 11.6 Å². The van der Waals surface area contributed by atoms with Gasteiger partial charge in [-0.2, -0.15) is 5.10 Å². The molecule has 0 aliphatic rings. The lowest BCUT2D eigenvalue weighted by molar-refractivity contribution is 0.0784. The molecule has 6 heteroatoms. The first-order chi connectivity index (χ1) is 11.6. The second-order valence-corrected chi connectivity index (χ2v) is 5.78. The van der Waals surface area contributed by atoms with E-state index in [4.69, 9.17) is 11.6 Å². The van der Waals surface area contributed by atoms with Crippen LogP contribution in [-0.4, -0.2) is 27.6 Å². The maximum atomic E-state index is 13.9. The van der Waals surface area contributed by atoms with E-state index in [-0.39, 0.29) is 12.5 Å². The Morgan fingerprint density at radius 2 is 1.96 bits per heavy atom. The molecule has 4 nitrogen and oxygen atoms in total. The Kier molecular flexibility index (Phi) is 4.62. The number of carbonyl (C=O) groups is 1. The number of para-hydroxylation sites is 1. The van der Waals surface area contributed by atoms with Gasteiger partial charge < -0.3 is 4.90 Å². The maximum absolute atomic E-state index is 13.9. The molecule has 0 aliphatic carbocycles. The quantitative estimate of drug-likeness (QED) is 0.719. The zero-order chi connectivity index (χ0) is 17.1. The van der Waals surface area contributed by atoms with E-state index in [1.807, 2.05) is 30.3 Å². The molecule has 2 aromatic carbocycles. The molecule has 0 saturated carbocycles. The largest absolute Gasteiger partial charge is 0.337 e. The minimum absolute atomic E-state index is 0.0842. The number of nitrogens with zero attached hydrogens (tertiary/aromatic N) is 3. The van der Waals surface area contributed by atoms with Gasteiger partial charge in [0.05, 0.1) is 17.4 Å². The number of aromatic nitrogens is 2. The highest BCUT2D eigenvalue weighted by atomic mass is 35.5. The highest BCUT2D eigenvalue weighted by Crippen LogP contribution is 2.21. The van der Waals surface area contributed by atoms with Crippen LogP contribution in [0.4, 0.5) is 4.39 Å². The van der Waals surface area contributed by atoms with Gasteiger partial charge in [0.2, 0.25) is 0 Å². The molecule has 0 radical (unpaired) electrons. The van der Waals surface area contributed by atoms with Crippen molar-refractivity contribution in [2.75, 3.05) is 7.05 Å². The standard InChI is InChI=1S/C18H15ClFN3O/c1-22(12-15-16(19)8-5-9-17(15)20)18(24)13-10-21-23(11-13)14-6-3-2-4-7-14/h2-11H,12H2,1H3. The number of halogens is 2. The van der Waals surface area contributed by atoms with Gasteiger partial charge >= 0.3 is 0 Å². The second kappa shape index (κ2) is 6.84. The molecule has 1 amide bonds. The minimum Gasteiger partial charge on any atom is -0.337 e. The van der Waals surface area contributed by atoms with Crippen molar-refractivity contribution >= 4 is 17.5 Å². The van der Waals surface area contributed by atoms with E-state index in [2.05, 4.69) is 5.10 Å². The van der Waals surface area contributed by atoms with Crippen molar-refractivity contribution < 1.29 is 9.18 Å². The normalized spacial score (nSPS) is 10.6. The summed E-state index contributed by atoms with van der Waals surface area (Å²) in [6.07, 6.45) is 3.14. The highest BCUT2D eigenvalue weighted by molar-refractivity contribution is 6.31. The highest BCUT2D eigenvalue weighted by Gasteiger charge is 2.17. The molecule has 0 bridgehead atoms. The van der Waals surface area contributed by atoms with Crippen molar-refractivity contribution in [1.29, 1.82) is 0 Å². The molecule has 0 aliphatic heterocycles. The molecule has 0 N–H and O–H groups in total. The van der Waals surface area contributed by atoms with Gasteiger partial charge in [0.1, 0.15) is 5.82 Å². The van der Waals surface area contributed by atoms with Crippen molar-refractivity contribution in [3.63, 3.8) is 0 Å². The monoisotopic (exact) mass is 343 g/mol. The van der Waals surface area contributed by atoms with E-state index in [1.165, 1.54) is 23.2 Å². The van der Waals surface area contributed by atoms with Crippen LogP contribution in [0.2, 0.25) is 5.02 Å². The topological polar surface area (TPSA) is 38.1 Å². The van der Waals surface area contributed by atoms with Crippen LogP contribution in [-0.2, 0) is 6.54 Å². The molecule has 0 fully saturated rings. The summed E-state index contributed by atoms with van der Waals surface area (Å²) in [6.45, 7) is 0.0842. The van der Waals surface area contributed by atoms with Gasteiger partial charge in [-0.25, -0.2) is 9.07 Å². The molecule has 3 rings (SSSR count). The lowest BCUT2D eigenvalue weighted by atomic mass is 10.2. The Hall–Kier alpha value is -2.66. The summed E-state index contributed by atoms with van der Waals surface area (Å²) in [5.41, 5.74) is 1.58. The van der Waals surface area contributed by atoms with Gasteiger partial charge in [-0.3, -0.25) is 4.79 Å². The molecule has 0 atom stereocenters. The van der Waals surface area contributed by atoms with Crippen molar-refractivity contribution in [3.05, 3.63) is 82.9 Å². The molecule has 0 spiro atoms. The van der Waals surface area contributed by atoms with Gasteiger partial charge in [-0.1, -0.05) is 35.9 Å². The Labute approximate surface area is 144 Å². The molecule has 1 aromatic heterocycles. The number of benzene rings is 2. The van der Waals surface area contributed by atoms with Crippen LogP contribution in [0.3, 0.4) is 0 Å². The van der Waals surface area contributed by atoms with Crippen molar-refractivity contribution in [3.8, 4) is 5.69 Å². The first kappa shape index (κ1) is 16.2. The zero-order valence-corrected chi connectivity index (χ0v) is 13.7. The Morgan fingerprint density at radius 1 is 1.21 bits per heavy atom. The fourth-order valence-electron chi connectivity index (χ4n) is 2.37. The van der Waals surface area contributed by atoms with Crippen molar-refractivity contribution in [1.82, 2.24) is 14.7 Å². The van der Waals surface area contributed by atoms with Gasteiger partial charge in [0, 0.05) is 30.4 Å². The van der Waals surface area contributed by atoms with E-state index in [0.717, 1.165) is 5.69 Å². The van der Waals surface area contributed by atoms with Gasteiger partial charge in [-0.05, 0) is 24.3 Å². The summed E-state index contributed by atoms with van der Waals surface area (Å²) in [4.78, 5) is 13.9. The Morgan fingerprint density at radius 3 is 2.67 bits per heavy atom. The van der Waals surface area contributed by atoms with E-state index in [0.29, 0.717) is 16.1 Å². The number of rotatable bonds is 4. The third kappa shape index (κ3) is 3.31. The van der Waals surface area contributed by atoms with Crippen LogP contribution in [0.1, 0.15) is 15.9 Å². The first-order valence-corrected chi connectivity index (χ1v) is 7.72. The van der Waals surface area contributed by atoms with Crippen LogP contribution < -0.4 is 0 Å². The molecule has 3 aromatic rings. The number of carbonyl (C=O) groups excluding carboxylic acids is 1. The molecular weight excluding hydrogens is 329 g/mol. The minimum atomic E-state index is -0.429. The molecule has 1 heterocycles. The van der Waals surface area contributed by atoms with Gasteiger partial charge in [0.15, 0.2) is 0 Å². The van der Waals surface area contributed by atoms with Gasteiger partial charge in [0.25, 0.3) is 5.91 Å². The molecular formula is C18H15ClFN3O. The number of hydrogen-bond donors (Lipinski definition) is 0. The van der Waals surface area contributed by atoms with Crippen LogP contribution in [0.5, 0.6) is 0 Å². The summed E-state index contributed by atoms with van der Waals surface area (Å²) in [5, 5.41) is 4.50. The van der Waals surface area contributed by atoms with Crippen molar-refractivity contribution in [2.45, 2.75) is 6.54 Å². The zero-order valence-electron chi connectivity index (χ0n) is 13.0. The van der Waals surface area contributed by atoms with Crippen LogP contribution in [0.15, 0.2) is 60.9 Å². The third-order valence-corrected chi connectivity index (χ3v) is 4.01. The summed E-state index contributed by atoms with van der Waals surface area (Å²) in [6, 6.07) is 13.9. The van der Waals surface area contributed by atoms with Crippen LogP contribution in [0, 0.1) is 5.82 Å². The second-order valence-electron chi connectivity index (χ2n) is 5.37. The summed E-state index contributed by atoms with van der Waals surface area (Å²) < 4.78 is 15.5. The van der Waals surface area contributed by atoms with Crippen LogP contribution in [0.25, 0.3) is 5.69 Å². The Bertz CT molecular complexity index is 843. The fraction of sp³-hybridized carbons (Fsp3) is 0.111. The lowest BCUT2D eigenvalue weighted by Crippen LogP contribution is -2.26. The predicted octanol–water partition coefficient (Wildman–Crippen LogP) is 3.94. The maximum Gasteiger partial charge on any atom is 0.257 e. The van der Waals surface area contributed by atoms with E-state index in [1.54, 1.807) is 24.0 Å². The van der Waals surface area contributed by atoms with E-state index >= 15 is 0 Å². The number of amides is 1. The summed E-state index contributed by atoms with van der Waals surface area (Å²) in [7, 11) is 1.60. The summed E-state index contributed by atoms with van der Waals surface area (Å²) in [5.74, 6) is -0.682. The predicted molar refractivity (Wildman–Crippen MR) is 90.8 cm³/mol. The SMILES string of the molecule is CN(Cc1c(F)cccc1Cl)C(=O)c1cnn(-c2ccccc2)c1. The average molecular weight is 344 g/mol. The molecule has 0 unspecified atom stereocenters. The molecule has 122 valence electrons. The fourth-order valence-corrected chi connectivity index (χ4v) is 2.59. The van der Waals surface area contributed by atoms with E-state index in [9.17, 15) is 9.18 Å². The molecule has 24 heavy (non-hydrogen) atoms. The average Bonchev–Trinajstić information content (AvgIpc) is 3.08. The first-order valence-electron chi connectivity index (χ1n) is 7.34.